The Hall–Kier alpha value is -2.85. The van der Waals surface area contributed by atoms with Gasteiger partial charge >= 0.3 is 0 Å². The number of ether oxygens (including phenoxy) is 3. The zero-order valence-electron chi connectivity index (χ0n) is 20.1. The Morgan fingerprint density at radius 1 is 1.17 bits per heavy atom. The largest absolute Gasteiger partial charge is 0.496 e. The van der Waals surface area contributed by atoms with Gasteiger partial charge in [-0.3, -0.25) is 4.98 Å². The number of morpholine rings is 2. The molecule has 3 aliphatic heterocycles. The highest BCUT2D eigenvalue weighted by Crippen LogP contribution is 2.38. The maximum absolute atomic E-state index is 9.78. The van der Waals surface area contributed by atoms with E-state index in [0.717, 1.165) is 66.1 Å². The Bertz CT molecular complexity index is 1220. The Labute approximate surface area is 204 Å². The van der Waals surface area contributed by atoms with Gasteiger partial charge in [-0.05, 0) is 44.0 Å². The Morgan fingerprint density at radius 2 is 2.00 bits per heavy atom. The van der Waals surface area contributed by atoms with E-state index in [1.54, 1.807) is 7.11 Å². The van der Waals surface area contributed by atoms with Gasteiger partial charge in [0.25, 0.3) is 0 Å². The third kappa shape index (κ3) is 4.02. The summed E-state index contributed by atoms with van der Waals surface area (Å²) < 4.78 is 17.3. The van der Waals surface area contributed by atoms with E-state index in [0.29, 0.717) is 30.3 Å². The zero-order valence-corrected chi connectivity index (χ0v) is 20.1. The van der Waals surface area contributed by atoms with E-state index in [9.17, 15) is 5.11 Å². The molecule has 1 unspecified atom stereocenters. The molecule has 6 rings (SSSR count). The number of methoxy groups -OCH3 is 1. The van der Waals surface area contributed by atoms with Crippen molar-refractivity contribution in [3.63, 3.8) is 0 Å². The summed E-state index contributed by atoms with van der Waals surface area (Å²) in [4.78, 5) is 17.3. The van der Waals surface area contributed by atoms with Gasteiger partial charge in [0.2, 0.25) is 0 Å². The molecule has 3 fully saturated rings. The highest BCUT2D eigenvalue weighted by molar-refractivity contribution is 5.91. The van der Waals surface area contributed by atoms with Crippen LogP contribution < -0.4 is 15.0 Å². The number of benzene rings is 1. The molecular formula is C26H31N5O4. The monoisotopic (exact) mass is 477 g/mol. The summed E-state index contributed by atoms with van der Waals surface area (Å²) in [6.45, 7) is 4.90. The smallest absolute Gasteiger partial charge is 0.161 e. The van der Waals surface area contributed by atoms with Crippen LogP contribution in [-0.2, 0) is 16.1 Å². The van der Waals surface area contributed by atoms with E-state index in [4.69, 9.17) is 29.2 Å². The van der Waals surface area contributed by atoms with Crippen LogP contribution >= 0.6 is 0 Å². The average Bonchev–Trinajstić information content (AvgIpc) is 3.14. The van der Waals surface area contributed by atoms with Gasteiger partial charge in [-0.25, -0.2) is 9.97 Å². The molecule has 5 heterocycles. The molecule has 2 bridgehead atoms. The van der Waals surface area contributed by atoms with Crippen molar-refractivity contribution in [2.45, 2.75) is 50.6 Å². The number of anilines is 1. The van der Waals surface area contributed by atoms with E-state index in [2.05, 4.69) is 17.1 Å². The number of hydrogen-bond donors (Lipinski definition) is 2. The number of pyridine rings is 1. The van der Waals surface area contributed by atoms with Crippen molar-refractivity contribution in [2.24, 2.45) is 0 Å². The fourth-order valence-corrected chi connectivity index (χ4v) is 5.57. The van der Waals surface area contributed by atoms with Gasteiger partial charge in [-0.1, -0.05) is 0 Å². The number of aromatic nitrogens is 3. The van der Waals surface area contributed by atoms with Gasteiger partial charge in [0.1, 0.15) is 17.7 Å². The van der Waals surface area contributed by atoms with Crippen LogP contribution in [0.5, 0.6) is 5.75 Å². The molecule has 4 atom stereocenters. The lowest BCUT2D eigenvalue weighted by Gasteiger charge is -2.37. The molecule has 0 aliphatic carbocycles. The average molecular weight is 478 g/mol. The first-order chi connectivity index (χ1) is 17.2. The number of nitrogens with zero attached hydrogens (tertiary/aromatic N) is 4. The molecule has 35 heavy (non-hydrogen) atoms. The SMILES string of the molecule is COc1ccc(-c2cc3nc([C@H]4OCCNC4C)nc(N4[C@@H]5CC[C@H]4COC5)c3cn2)cc1CO. The minimum absolute atomic E-state index is 0.106. The van der Waals surface area contributed by atoms with E-state index < -0.39 is 0 Å². The zero-order chi connectivity index (χ0) is 23.9. The number of fused-ring (bicyclic) bond motifs is 3. The minimum Gasteiger partial charge on any atom is -0.496 e. The maximum atomic E-state index is 9.78. The van der Waals surface area contributed by atoms with Crippen molar-refractivity contribution in [2.75, 3.05) is 38.4 Å². The topological polar surface area (TPSA) is 102 Å². The van der Waals surface area contributed by atoms with Crippen LogP contribution in [-0.4, -0.2) is 71.7 Å². The predicted molar refractivity (Wildman–Crippen MR) is 132 cm³/mol. The summed E-state index contributed by atoms with van der Waals surface area (Å²) in [5.74, 6) is 2.27. The second-order valence-corrected chi connectivity index (χ2v) is 9.54. The highest BCUT2D eigenvalue weighted by Gasteiger charge is 2.40. The molecule has 3 aromatic rings. The van der Waals surface area contributed by atoms with Crippen molar-refractivity contribution >= 4 is 16.7 Å². The molecule has 2 N–H and O–H groups in total. The van der Waals surface area contributed by atoms with Crippen LogP contribution in [0.2, 0.25) is 0 Å². The van der Waals surface area contributed by atoms with Gasteiger partial charge in [0, 0.05) is 29.9 Å². The van der Waals surface area contributed by atoms with Gasteiger partial charge < -0.3 is 29.5 Å². The predicted octanol–water partition coefficient (Wildman–Crippen LogP) is 2.61. The molecule has 1 aromatic carbocycles. The molecule has 0 radical (unpaired) electrons. The molecule has 184 valence electrons. The second kappa shape index (κ2) is 9.31. The maximum Gasteiger partial charge on any atom is 0.161 e. The lowest BCUT2D eigenvalue weighted by Crippen LogP contribution is -2.47. The van der Waals surface area contributed by atoms with Crippen LogP contribution in [0.3, 0.4) is 0 Å². The summed E-state index contributed by atoms with van der Waals surface area (Å²) in [6, 6.07) is 8.48. The van der Waals surface area contributed by atoms with Gasteiger partial charge in [-0.15, -0.1) is 0 Å². The molecule has 9 heteroatoms. The first-order valence-electron chi connectivity index (χ1n) is 12.3. The standard InChI is InChI=1S/C26H31N5O4/c1-15-24(35-8-7-27-15)25-29-22-10-21(16-3-6-23(33-2)17(9-16)12-32)28-11-20(22)26(30-25)31-18-4-5-19(31)14-34-13-18/h3,6,9-11,15,18-19,24,27,32H,4-5,7-8,12-14H2,1-2H3/t15?,18-,19+,24-/m0/s1. The summed E-state index contributed by atoms with van der Waals surface area (Å²) in [5, 5.41) is 14.2. The third-order valence-electron chi connectivity index (χ3n) is 7.38. The normalized spacial score (nSPS) is 26.3. The Morgan fingerprint density at radius 3 is 2.74 bits per heavy atom. The second-order valence-electron chi connectivity index (χ2n) is 9.54. The van der Waals surface area contributed by atoms with Gasteiger partial charge in [0.05, 0.1) is 62.2 Å². The Balaban J connectivity index is 1.49. The molecule has 0 amide bonds. The number of rotatable bonds is 5. The lowest BCUT2D eigenvalue weighted by molar-refractivity contribution is -0.00540. The van der Waals surface area contributed by atoms with Crippen molar-refractivity contribution < 1.29 is 19.3 Å². The first-order valence-corrected chi connectivity index (χ1v) is 12.3. The van der Waals surface area contributed by atoms with Crippen LogP contribution in [0, 0.1) is 0 Å². The molecule has 9 nitrogen and oxygen atoms in total. The summed E-state index contributed by atoms with van der Waals surface area (Å²) in [7, 11) is 1.60. The summed E-state index contributed by atoms with van der Waals surface area (Å²) >= 11 is 0. The third-order valence-corrected chi connectivity index (χ3v) is 7.38. The lowest BCUT2D eigenvalue weighted by atomic mass is 10.1. The fraction of sp³-hybridized carbons (Fsp3) is 0.500. The van der Waals surface area contributed by atoms with Crippen molar-refractivity contribution in [3.8, 4) is 17.0 Å². The molecular weight excluding hydrogens is 446 g/mol. The van der Waals surface area contributed by atoms with Crippen LogP contribution in [0.1, 0.15) is 37.3 Å². The van der Waals surface area contributed by atoms with Crippen molar-refractivity contribution in [1.82, 2.24) is 20.3 Å². The van der Waals surface area contributed by atoms with Crippen molar-refractivity contribution in [1.29, 1.82) is 0 Å². The molecule has 3 aliphatic rings. The fourth-order valence-electron chi connectivity index (χ4n) is 5.57. The molecule has 2 aromatic heterocycles. The number of aliphatic hydroxyl groups excluding tert-OH is 1. The molecule has 0 saturated carbocycles. The quantitative estimate of drug-likeness (QED) is 0.574. The van der Waals surface area contributed by atoms with Crippen LogP contribution in [0.15, 0.2) is 30.5 Å². The van der Waals surface area contributed by atoms with Crippen LogP contribution in [0.4, 0.5) is 5.82 Å². The number of aliphatic hydroxyl groups is 1. The number of hydrogen-bond acceptors (Lipinski definition) is 9. The van der Waals surface area contributed by atoms with E-state index in [1.165, 1.54) is 0 Å². The van der Waals surface area contributed by atoms with Gasteiger partial charge in [0.15, 0.2) is 5.82 Å². The van der Waals surface area contributed by atoms with Crippen LogP contribution in [0.25, 0.3) is 22.2 Å². The van der Waals surface area contributed by atoms with E-state index >= 15 is 0 Å². The first kappa shape index (κ1) is 22.6. The summed E-state index contributed by atoms with van der Waals surface area (Å²) in [6.07, 6.45) is 3.87. The summed E-state index contributed by atoms with van der Waals surface area (Å²) in [5.41, 5.74) is 3.24. The van der Waals surface area contributed by atoms with Crippen molar-refractivity contribution in [3.05, 3.63) is 41.9 Å². The van der Waals surface area contributed by atoms with Gasteiger partial charge in [-0.2, -0.15) is 0 Å². The number of nitrogens with one attached hydrogen (secondary N) is 1. The van der Waals surface area contributed by atoms with E-state index in [-0.39, 0.29) is 18.8 Å². The highest BCUT2D eigenvalue weighted by atomic mass is 16.5. The van der Waals surface area contributed by atoms with E-state index in [1.807, 2.05) is 30.5 Å². The Kier molecular flexibility index (Phi) is 6.01. The minimum atomic E-state index is -0.218. The molecule has 0 spiro atoms. The molecule has 3 saturated heterocycles.